The minimum absolute atomic E-state index is 0.523. The number of benzene rings is 1. The molecule has 0 aliphatic carbocycles. The molecule has 0 amide bonds. The van der Waals surface area contributed by atoms with Gasteiger partial charge >= 0.3 is 0 Å². The highest BCUT2D eigenvalue weighted by atomic mass is 15.0. The molecular formula is C17H24N2. The van der Waals surface area contributed by atoms with E-state index in [4.69, 9.17) is 5.73 Å². The molecule has 2 heteroatoms. The van der Waals surface area contributed by atoms with Crippen molar-refractivity contribution in [3.8, 4) is 5.69 Å². The number of rotatable bonds is 4. The van der Waals surface area contributed by atoms with Crippen LogP contribution in [0, 0.1) is 13.8 Å². The van der Waals surface area contributed by atoms with Gasteiger partial charge in [0.25, 0.3) is 0 Å². The lowest BCUT2D eigenvalue weighted by molar-refractivity contribution is 0.832. The maximum absolute atomic E-state index is 5.70. The van der Waals surface area contributed by atoms with Crippen molar-refractivity contribution in [1.29, 1.82) is 0 Å². The molecule has 0 saturated heterocycles. The van der Waals surface area contributed by atoms with Gasteiger partial charge in [-0.05, 0) is 56.0 Å². The van der Waals surface area contributed by atoms with Crippen molar-refractivity contribution in [2.45, 2.75) is 40.0 Å². The Labute approximate surface area is 116 Å². The first-order valence-electron chi connectivity index (χ1n) is 7.03. The topological polar surface area (TPSA) is 30.9 Å². The van der Waals surface area contributed by atoms with E-state index in [2.05, 4.69) is 62.6 Å². The van der Waals surface area contributed by atoms with E-state index in [0.717, 1.165) is 6.42 Å². The number of para-hydroxylation sites is 1. The van der Waals surface area contributed by atoms with E-state index in [-0.39, 0.29) is 0 Å². The molecule has 0 fully saturated rings. The third-order valence-corrected chi connectivity index (χ3v) is 3.75. The van der Waals surface area contributed by atoms with Gasteiger partial charge in [-0.25, -0.2) is 0 Å². The van der Waals surface area contributed by atoms with Crippen LogP contribution < -0.4 is 5.73 Å². The zero-order valence-corrected chi connectivity index (χ0v) is 12.4. The molecule has 19 heavy (non-hydrogen) atoms. The van der Waals surface area contributed by atoms with Crippen LogP contribution in [0.2, 0.25) is 0 Å². The molecule has 0 radical (unpaired) electrons. The molecule has 0 unspecified atom stereocenters. The normalized spacial score (nSPS) is 11.3. The second-order valence-electron chi connectivity index (χ2n) is 5.48. The predicted molar refractivity (Wildman–Crippen MR) is 82.1 cm³/mol. The molecule has 102 valence electrons. The quantitative estimate of drug-likeness (QED) is 0.888. The lowest BCUT2D eigenvalue weighted by atomic mass is 10.0. The van der Waals surface area contributed by atoms with Crippen LogP contribution >= 0.6 is 0 Å². The monoisotopic (exact) mass is 256 g/mol. The van der Waals surface area contributed by atoms with E-state index in [9.17, 15) is 0 Å². The van der Waals surface area contributed by atoms with Gasteiger partial charge < -0.3 is 10.3 Å². The molecule has 0 spiro atoms. The van der Waals surface area contributed by atoms with Crippen LogP contribution in [0.5, 0.6) is 0 Å². The van der Waals surface area contributed by atoms with E-state index in [1.165, 1.54) is 28.2 Å². The van der Waals surface area contributed by atoms with Crippen LogP contribution in [-0.4, -0.2) is 11.1 Å². The largest absolute Gasteiger partial charge is 0.330 e. The Bertz CT molecular complexity index is 565. The summed E-state index contributed by atoms with van der Waals surface area (Å²) < 4.78 is 2.36. The molecule has 0 saturated carbocycles. The Morgan fingerprint density at radius 2 is 1.84 bits per heavy atom. The van der Waals surface area contributed by atoms with Crippen molar-refractivity contribution in [1.82, 2.24) is 4.57 Å². The third kappa shape index (κ3) is 2.59. The maximum atomic E-state index is 5.70. The number of nitrogens with two attached hydrogens (primary N) is 1. The summed E-state index contributed by atoms with van der Waals surface area (Å²) in [7, 11) is 0. The van der Waals surface area contributed by atoms with Crippen molar-refractivity contribution in [3.05, 3.63) is 52.8 Å². The number of aryl methyl sites for hydroxylation is 1. The molecule has 2 N–H and O–H groups in total. The average Bonchev–Trinajstić information content (AvgIpc) is 2.65. The van der Waals surface area contributed by atoms with Crippen LogP contribution in [0.25, 0.3) is 5.69 Å². The van der Waals surface area contributed by atoms with Crippen LogP contribution in [0.1, 0.15) is 42.3 Å². The van der Waals surface area contributed by atoms with E-state index >= 15 is 0 Å². The average molecular weight is 256 g/mol. The lowest BCUT2D eigenvalue weighted by Crippen LogP contribution is -2.06. The highest BCUT2D eigenvalue weighted by Crippen LogP contribution is 2.27. The highest BCUT2D eigenvalue weighted by molar-refractivity contribution is 5.48. The fourth-order valence-electron chi connectivity index (χ4n) is 2.79. The van der Waals surface area contributed by atoms with Gasteiger partial charge in [-0.1, -0.05) is 32.0 Å². The highest BCUT2D eigenvalue weighted by Gasteiger charge is 2.14. The first kappa shape index (κ1) is 13.9. The van der Waals surface area contributed by atoms with E-state index in [1.807, 2.05) is 0 Å². The second kappa shape index (κ2) is 5.62. The summed E-state index contributed by atoms with van der Waals surface area (Å²) in [4.78, 5) is 0. The summed E-state index contributed by atoms with van der Waals surface area (Å²) in [5.41, 5.74) is 12.4. The Morgan fingerprint density at radius 1 is 1.16 bits per heavy atom. The molecule has 2 nitrogen and oxygen atoms in total. The fraction of sp³-hybridized carbons (Fsp3) is 0.412. The standard InChI is InChI=1S/C17H24N2/c1-12(2)16-7-5-6-8-17(16)19-13(3)11-15(9-10-18)14(19)4/h5-8,11-12H,9-10,18H2,1-4H3. The van der Waals surface area contributed by atoms with Crippen molar-refractivity contribution < 1.29 is 0 Å². The molecule has 0 atom stereocenters. The third-order valence-electron chi connectivity index (χ3n) is 3.75. The van der Waals surface area contributed by atoms with Crippen LogP contribution in [-0.2, 0) is 6.42 Å². The van der Waals surface area contributed by atoms with Crippen molar-refractivity contribution in [3.63, 3.8) is 0 Å². The smallest absolute Gasteiger partial charge is 0.0489 e. The first-order chi connectivity index (χ1) is 9.06. The number of hydrogen-bond acceptors (Lipinski definition) is 1. The lowest BCUT2D eigenvalue weighted by Gasteiger charge is -2.17. The van der Waals surface area contributed by atoms with E-state index in [1.54, 1.807) is 0 Å². The van der Waals surface area contributed by atoms with Gasteiger partial charge in [0.15, 0.2) is 0 Å². The summed E-state index contributed by atoms with van der Waals surface area (Å²) in [5.74, 6) is 0.523. The van der Waals surface area contributed by atoms with Crippen molar-refractivity contribution in [2.75, 3.05) is 6.54 Å². The summed E-state index contributed by atoms with van der Waals surface area (Å²) in [6.45, 7) is 9.55. The van der Waals surface area contributed by atoms with Gasteiger partial charge in [0.2, 0.25) is 0 Å². The summed E-state index contributed by atoms with van der Waals surface area (Å²) in [6, 6.07) is 10.9. The number of nitrogens with zero attached hydrogens (tertiary/aromatic N) is 1. The molecule has 0 bridgehead atoms. The zero-order chi connectivity index (χ0) is 14.0. The predicted octanol–water partition coefficient (Wildman–Crippen LogP) is 3.72. The Morgan fingerprint density at radius 3 is 2.47 bits per heavy atom. The van der Waals surface area contributed by atoms with Gasteiger partial charge in [-0.3, -0.25) is 0 Å². The molecule has 2 aromatic rings. The second-order valence-corrected chi connectivity index (χ2v) is 5.48. The minimum atomic E-state index is 0.523. The molecule has 1 heterocycles. The van der Waals surface area contributed by atoms with Crippen LogP contribution in [0.4, 0.5) is 0 Å². The molecular weight excluding hydrogens is 232 g/mol. The number of aromatic nitrogens is 1. The van der Waals surface area contributed by atoms with Gasteiger partial charge in [-0.2, -0.15) is 0 Å². The summed E-state index contributed by atoms with van der Waals surface area (Å²) >= 11 is 0. The molecule has 0 aliphatic rings. The molecule has 1 aromatic heterocycles. The van der Waals surface area contributed by atoms with Crippen molar-refractivity contribution in [2.24, 2.45) is 5.73 Å². The Kier molecular flexibility index (Phi) is 4.11. The Balaban J connectivity index is 2.59. The van der Waals surface area contributed by atoms with Crippen LogP contribution in [0.15, 0.2) is 30.3 Å². The van der Waals surface area contributed by atoms with Gasteiger partial charge in [-0.15, -0.1) is 0 Å². The molecule has 2 rings (SSSR count). The Hall–Kier alpha value is -1.54. The van der Waals surface area contributed by atoms with Crippen LogP contribution in [0.3, 0.4) is 0 Å². The molecule has 0 aliphatic heterocycles. The van der Waals surface area contributed by atoms with Gasteiger partial charge in [0, 0.05) is 17.1 Å². The fourth-order valence-corrected chi connectivity index (χ4v) is 2.79. The van der Waals surface area contributed by atoms with Gasteiger partial charge in [0.1, 0.15) is 0 Å². The van der Waals surface area contributed by atoms with E-state index in [0.29, 0.717) is 12.5 Å². The molecule has 1 aromatic carbocycles. The SMILES string of the molecule is Cc1cc(CCN)c(C)n1-c1ccccc1C(C)C. The van der Waals surface area contributed by atoms with E-state index < -0.39 is 0 Å². The minimum Gasteiger partial charge on any atom is -0.330 e. The van der Waals surface area contributed by atoms with Gasteiger partial charge in [0.05, 0.1) is 0 Å². The first-order valence-corrected chi connectivity index (χ1v) is 7.03. The summed E-state index contributed by atoms with van der Waals surface area (Å²) in [6.07, 6.45) is 0.948. The summed E-state index contributed by atoms with van der Waals surface area (Å²) in [5, 5.41) is 0. The van der Waals surface area contributed by atoms with Crippen molar-refractivity contribution >= 4 is 0 Å². The zero-order valence-electron chi connectivity index (χ0n) is 12.4. The number of hydrogen-bond donors (Lipinski definition) is 1. The maximum Gasteiger partial charge on any atom is 0.0489 e.